The molecule has 0 radical (unpaired) electrons. The van der Waals surface area contributed by atoms with Crippen LogP contribution >= 0.6 is 0 Å². The highest BCUT2D eigenvalue weighted by Gasteiger charge is 2.29. The van der Waals surface area contributed by atoms with Crippen molar-refractivity contribution < 1.29 is 14.0 Å². The number of halogens is 1. The molecule has 1 aliphatic rings. The van der Waals surface area contributed by atoms with E-state index < -0.39 is 6.04 Å². The molecule has 0 unspecified atom stereocenters. The van der Waals surface area contributed by atoms with Gasteiger partial charge in [0.15, 0.2) is 0 Å². The Bertz CT molecular complexity index is 772. The molecule has 3 rings (SSSR count). The number of nitrogens with one attached hydrogen (secondary N) is 1. The third-order valence-electron chi connectivity index (χ3n) is 4.78. The molecular formula is C21H24FN3O2. The summed E-state index contributed by atoms with van der Waals surface area (Å²) in [5.74, 6) is -0.703. The Morgan fingerprint density at radius 1 is 1.00 bits per heavy atom. The molecule has 1 heterocycles. The van der Waals surface area contributed by atoms with E-state index in [0.717, 1.165) is 18.7 Å². The van der Waals surface area contributed by atoms with E-state index in [-0.39, 0.29) is 24.1 Å². The summed E-state index contributed by atoms with van der Waals surface area (Å²) >= 11 is 0. The average Bonchev–Trinajstić information content (AvgIpc) is 2.69. The van der Waals surface area contributed by atoms with Crippen LogP contribution in [-0.4, -0.2) is 54.8 Å². The van der Waals surface area contributed by atoms with Crippen molar-refractivity contribution >= 4 is 11.8 Å². The smallest absolute Gasteiger partial charge is 0.249 e. The highest BCUT2D eigenvalue weighted by Crippen LogP contribution is 2.17. The lowest BCUT2D eigenvalue weighted by Gasteiger charge is -2.35. The topological polar surface area (TPSA) is 52.6 Å². The fraction of sp³-hybridized carbons (Fsp3) is 0.333. The van der Waals surface area contributed by atoms with Crippen LogP contribution in [0.5, 0.6) is 0 Å². The molecule has 1 fully saturated rings. The summed E-state index contributed by atoms with van der Waals surface area (Å²) in [7, 11) is 2.03. The van der Waals surface area contributed by atoms with E-state index in [4.69, 9.17) is 0 Å². The predicted molar refractivity (Wildman–Crippen MR) is 102 cm³/mol. The Hall–Kier alpha value is -2.73. The summed E-state index contributed by atoms with van der Waals surface area (Å²) in [6.45, 7) is 2.92. The summed E-state index contributed by atoms with van der Waals surface area (Å²) in [6, 6.07) is 14.4. The minimum absolute atomic E-state index is 0.0956. The predicted octanol–water partition coefficient (Wildman–Crippen LogP) is 2.00. The first-order chi connectivity index (χ1) is 13.0. The fourth-order valence-electron chi connectivity index (χ4n) is 3.14. The van der Waals surface area contributed by atoms with Crippen LogP contribution in [0, 0.1) is 5.82 Å². The second-order valence-corrected chi connectivity index (χ2v) is 6.84. The molecule has 1 N–H and O–H groups in total. The van der Waals surface area contributed by atoms with Crippen LogP contribution in [0.1, 0.15) is 17.2 Å². The van der Waals surface area contributed by atoms with Crippen molar-refractivity contribution in [3.8, 4) is 0 Å². The van der Waals surface area contributed by atoms with Gasteiger partial charge < -0.3 is 15.1 Å². The minimum Gasteiger partial charge on any atom is -0.340 e. The van der Waals surface area contributed by atoms with Crippen LogP contribution < -0.4 is 5.32 Å². The lowest BCUT2D eigenvalue weighted by Crippen LogP contribution is -2.51. The Balaban J connectivity index is 1.73. The lowest BCUT2D eigenvalue weighted by atomic mass is 10.0. The highest BCUT2D eigenvalue weighted by molar-refractivity contribution is 5.89. The summed E-state index contributed by atoms with van der Waals surface area (Å²) in [4.78, 5) is 29.6. The number of hydrogen-bond donors (Lipinski definition) is 1. The first-order valence-electron chi connectivity index (χ1n) is 9.09. The molecule has 0 bridgehead atoms. The van der Waals surface area contributed by atoms with E-state index in [9.17, 15) is 14.0 Å². The molecule has 6 heteroatoms. The van der Waals surface area contributed by atoms with Crippen molar-refractivity contribution in [2.45, 2.75) is 12.5 Å². The second kappa shape index (κ2) is 8.77. The molecule has 0 spiro atoms. The molecule has 27 heavy (non-hydrogen) atoms. The number of hydrogen-bond acceptors (Lipinski definition) is 3. The summed E-state index contributed by atoms with van der Waals surface area (Å²) in [6.07, 6.45) is 0.0969. The van der Waals surface area contributed by atoms with Crippen molar-refractivity contribution in [2.75, 3.05) is 33.2 Å². The third kappa shape index (κ3) is 5.14. The number of carbonyl (C=O) groups is 2. The molecule has 2 aromatic carbocycles. The zero-order valence-corrected chi connectivity index (χ0v) is 15.4. The lowest BCUT2D eigenvalue weighted by molar-refractivity contribution is -0.137. The van der Waals surface area contributed by atoms with Gasteiger partial charge in [-0.1, -0.05) is 42.5 Å². The normalized spacial score (nSPS) is 16.0. The van der Waals surface area contributed by atoms with Gasteiger partial charge in [-0.05, 0) is 30.3 Å². The van der Waals surface area contributed by atoms with Crippen molar-refractivity contribution in [1.82, 2.24) is 15.1 Å². The monoisotopic (exact) mass is 369 g/mol. The number of likely N-dealkylation sites (N-methyl/N-ethyl adjacent to an activating group) is 1. The average molecular weight is 369 g/mol. The number of piperazine rings is 1. The van der Waals surface area contributed by atoms with Gasteiger partial charge in [0.25, 0.3) is 0 Å². The summed E-state index contributed by atoms with van der Waals surface area (Å²) < 4.78 is 13.0. The molecule has 0 aromatic heterocycles. The molecule has 0 aliphatic carbocycles. The van der Waals surface area contributed by atoms with Crippen molar-refractivity contribution in [2.24, 2.45) is 0 Å². The van der Waals surface area contributed by atoms with Crippen LogP contribution in [0.4, 0.5) is 4.39 Å². The number of amides is 2. The van der Waals surface area contributed by atoms with Crippen LogP contribution in [0.2, 0.25) is 0 Å². The third-order valence-corrected chi connectivity index (χ3v) is 4.78. The number of carbonyl (C=O) groups excluding carboxylic acids is 2. The van der Waals surface area contributed by atoms with Gasteiger partial charge in [0.05, 0.1) is 6.42 Å². The molecule has 1 saturated heterocycles. The van der Waals surface area contributed by atoms with E-state index in [0.29, 0.717) is 18.7 Å². The van der Waals surface area contributed by atoms with Crippen LogP contribution in [-0.2, 0) is 16.0 Å². The van der Waals surface area contributed by atoms with E-state index in [1.54, 1.807) is 17.0 Å². The van der Waals surface area contributed by atoms with E-state index >= 15 is 0 Å². The maximum absolute atomic E-state index is 13.1. The van der Waals surface area contributed by atoms with E-state index in [1.807, 2.05) is 37.4 Å². The van der Waals surface area contributed by atoms with Gasteiger partial charge in [0, 0.05) is 26.2 Å². The maximum atomic E-state index is 13.1. The van der Waals surface area contributed by atoms with Crippen molar-refractivity contribution in [3.05, 3.63) is 71.5 Å². The fourth-order valence-corrected chi connectivity index (χ4v) is 3.14. The van der Waals surface area contributed by atoms with Gasteiger partial charge in [-0.25, -0.2) is 4.39 Å². The number of benzene rings is 2. The summed E-state index contributed by atoms with van der Waals surface area (Å²) in [5, 5.41) is 2.87. The molecule has 142 valence electrons. The Morgan fingerprint density at radius 2 is 1.63 bits per heavy atom. The molecule has 0 saturated carbocycles. The van der Waals surface area contributed by atoms with Gasteiger partial charge in [0.2, 0.25) is 11.8 Å². The molecular weight excluding hydrogens is 345 g/mol. The molecule has 1 aliphatic heterocycles. The van der Waals surface area contributed by atoms with E-state index in [2.05, 4.69) is 10.2 Å². The van der Waals surface area contributed by atoms with Gasteiger partial charge in [0.1, 0.15) is 11.9 Å². The Kier molecular flexibility index (Phi) is 6.19. The molecule has 5 nitrogen and oxygen atoms in total. The minimum atomic E-state index is -0.720. The van der Waals surface area contributed by atoms with E-state index in [1.165, 1.54) is 12.1 Å². The van der Waals surface area contributed by atoms with Crippen molar-refractivity contribution in [1.29, 1.82) is 0 Å². The number of nitrogens with zero attached hydrogens (tertiary/aromatic N) is 2. The van der Waals surface area contributed by atoms with Gasteiger partial charge in [-0.2, -0.15) is 0 Å². The molecule has 2 aromatic rings. The summed E-state index contributed by atoms with van der Waals surface area (Å²) in [5.41, 5.74) is 1.46. The molecule has 2 amide bonds. The highest BCUT2D eigenvalue weighted by atomic mass is 19.1. The SMILES string of the molecule is CN1CCN(C(=O)[C@@H](NC(=O)Cc2ccc(F)cc2)c2ccccc2)CC1. The van der Waals surface area contributed by atoms with Crippen LogP contribution in [0.25, 0.3) is 0 Å². The zero-order chi connectivity index (χ0) is 19.2. The zero-order valence-electron chi connectivity index (χ0n) is 15.4. The Labute approximate surface area is 158 Å². The van der Waals surface area contributed by atoms with Gasteiger partial charge in [-0.3, -0.25) is 9.59 Å². The van der Waals surface area contributed by atoms with Gasteiger partial charge in [-0.15, -0.1) is 0 Å². The second-order valence-electron chi connectivity index (χ2n) is 6.84. The standard InChI is InChI=1S/C21H24FN3O2/c1-24-11-13-25(14-12-24)21(27)20(17-5-3-2-4-6-17)23-19(26)15-16-7-9-18(22)10-8-16/h2-10,20H,11-15H2,1H3,(H,23,26)/t20-/m0/s1. The molecule has 1 atom stereocenters. The Morgan fingerprint density at radius 3 is 2.26 bits per heavy atom. The van der Waals surface area contributed by atoms with Crippen LogP contribution in [0.15, 0.2) is 54.6 Å². The largest absolute Gasteiger partial charge is 0.340 e. The van der Waals surface area contributed by atoms with Crippen molar-refractivity contribution in [3.63, 3.8) is 0 Å². The quantitative estimate of drug-likeness (QED) is 0.877. The first-order valence-corrected chi connectivity index (χ1v) is 9.09. The van der Waals surface area contributed by atoms with Gasteiger partial charge >= 0.3 is 0 Å². The maximum Gasteiger partial charge on any atom is 0.249 e. The first kappa shape index (κ1) is 19.0. The van der Waals surface area contributed by atoms with Crippen LogP contribution in [0.3, 0.4) is 0 Å². The number of rotatable bonds is 5.